The molecule has 2 aromatic rings. The molecule has 0 amide bonds. The van der Waals surface area contributed by atoms with E-state index in [1.54, 1.807) is 18.2 Å². The predicted octanol–water partition coefficient (Wildman–Crippen LogP) is 6.03. The van der Waals surface area contributed by atoms with Crippen molar-refractivity contribution in [2.75, 3.05) is 0 Å². The standard InChI is InChI=1S/C14H7Cl4N/c15-11-5-4-10(13(17)14(11)18)9-3-1-2-8(6-7-19)12(9)16/h1-5H,6H2. The van der Waals surface area contributed by atoms with E-state index in [4.69, 9.17) is 51.7 Å². The Bertz CT molecular complexity index is 674. The number of hydrogen-bond donors (Lipinski definition) is 0. The SMILES string of the molecule is N#CCc1cccc(-c2ccc(Cl)c(Cl)c2Cl)c1Cl. The number of benzene rings is 2. The van der Waals surface area contributed by atoms with Crippen molar-refractivity contribution in [3.05, 3.63) is 56.0 Å². The van der Waals surface area contributed by atoms with Crippen LogP contribution in [0.3, 0.4) is 0 Å². The molecule has 0 spiro atoms. The molecule has 0 aromatic heterocycles. The summed E-state index contributed by atoms with van der Waals surface area (Å²) in [4.78, 5) is 0. The molecule has 0 aliphatic rings. The summed E-state index contributed by atoms with van der Waals surface area (Å²) in [5.74, 6) is 0. The Morgan fingerprint density at radius 3 is 2.21 bits per heavy atom. The summed E-state index contributed by atoms with van der Waals surface area (Å²) < 4.78 is 0. The maximum atomic E-state index is 8.77. The molecule has 0 atom stereocenters. The summed E-state index contributed by atoms with van der Waals surface area (Å²) in [7, 11) is 0. The fourth-order valence-corrected chi connectivity index (χ4v) is 2.68. The van der Waals surface area contributed by atoms with Crippen LogP contribution in [0, 0.1) is 11.3 Å². The molecule has 2 aromatic carbocycles. The molecule has 96 valence electrons. The average Bonchev–Trinajstić information content (AvgIpc) is 2.40. The third-order valence-electron chi connectivity index (χ3n) is 2.67. The van der Waals surface area contributed by atoms with E-state index in [-0.39, 0.29) is 6.42 Å². The highest BCUT2D eigenvalue weighted by atomic mass is 35.5. The van der Waals surface area contributed by atoms with Crippen molar-refractivity contribution in [2.24, 2.45) is 0 Å². The van der Waals surface area contributed by atoms with Gasteiger partial charge in [-0.25, -0.2) is 0 Å². The summed E-state index contributed by atoms with van der Waals surface area (Å²) in [6.45, 7) is 0. The molecule has 0 N–H and O–H groups in total. The van der Waals surface area contributed by atoms with Gasteiger partial charge >= 0.3 is 0 Å². The fourth-order valence-electron chi connectivity index (χ4n) is 1.74. The van der Waals surface area contributed by atoms with E-state index in [2.05, 4.69) is 6.07 Å². The molecule has 0 heterocycles. The van der Waals surface area contributed by atoms with Gasteiger partial charge in [-0.05, 0) is 11.6 Å². The monoisotopic (exact) mass is 329 g/mol. The molecule has 0 radical (unpaired) electrons. The largest absolute Gasteiger partial charge is 0.198 e. The highest BCUT2D eigenvalue weighted by Crippen LogP contribution is 2.41. The van der Waals surface area contributed by atoms with Crippen molar-refractivity contribution in [1.29, 1.82) is 5.26 Å². The van der Waals surface area contributed by atoms with Crippen LogP contribution in [-0.2, 0) is 6.42 Å². The first kappa shape index (κ1) is 14.5. The van der Waals surface area contributed by atoms with Crippen LogP contribution in [0.2, 0.25) is 20.1 Å². The molecule has 5 heteroatoms. The summed E-state index contributed by atoms with van der Waals surface area (Å²) in [6.07, 6.45) is 0.242. The average molecular weight is 331 g/mol. The second-order valence-corrected chi connectivity index (χ2v) is 5.38. The van der Waals surface area contributed by atoms with Gasteiger partial charge < -0.3 is 0 Å². The topological polar surface area (TPSA) is 23.8 Å². The van der Waals surface area contributed by atoms with Crippen LogP contribution in [0.25, 0.3) is 11.1 Å². The molecule has 0 aliphatic heterocycles. The Morgan fingerprint density at radius 1 is 0.842 bits per heavy atom. The normalized spacial score (nSPS) is 10.3. The van der Waals surface area contributed by atoms with Crippen molar-refractivity contribution in [2.45, 2.75) is 6.42 Å². The Morgan fingerprint density at radius 2 is 1.53 bits per heavy atom. The summed E-state index contributed by atoms with van der Waals surface area (Å²) in [5.41, 5.74) is 2.18. The van der Waals surface area contributed by atoms with E-state index in [0.29, 0.717) is 25.7 Å². The third kappa shape index (κ3) is 2.83. The second kappa shape index (κ2) is 6.03. The molecule has 0 saturated heterocycles. The van der Waals surface area contributed by atoms with Crippen LogP contribution in [-0.4, -0.2) is 0 Å². The predicted molar refractivity (Wildman–Crippen MR) is 81.2 cm³/mol. The summed E-state index contributed by atoms with van der Waals surface area (Å²) in [5, 5.41) is 10.3. The number of nitriles is 1. The zero-order chi connectivity index (χ0) is 14.0. The van der Waals surface area contributed by atoms with Gasteiger partial charge in [0.1, 0.15) is 0 Å². The van der Waals surface area contributed by atoms with Gasteiger partial charge in [-0.3, -0.25) is 0 Å². The lowest BCUT2D eigenvalue weighted by molar-refractivity contribution is 1.26. The van der Waals surface area contributed by atoms with E-state index >= 15 is 0 Å². The lowest BCUT2D eigenvalue weighted by Crippen LogP contribution is -1.89. The Kier molecular flexibility index (Phi) is 4.60. The van der Waals surface area contributed by atoms with Crippen molar-refractivity contribution in [3.63, 3.8) is 0 Å². The van der Waals surface area contributed by atoms with Gasteiger partial charge in [0.2, 0.25) is 0 Å². The molecular weight excluding hydrogens is 324 g/mol. The van der Waals surface area contributed by atoms with Crippen molar-refractivity contribution >= 4 is 46.4 Å². The molecule has 2 rings (SSSR count). The summed E-state index contributed by atoms with van der Waals surface area (Å²) in [6, 6.07) is 11.0. The number of halogens is 4. The fraction of sp³-hybridized carbons (Fsp3) is 0.0714. The van der Waals surface area contributed by atoms with E-state index in [1.165, 1.54) is 0 Å². The summed E-state index contributed by atoms with van der Waals surface area (Å²) >= 11 is 24.4. The number of hydrogen-bond acceptors (Lipinski definition) is 1. The minimum absolute atomic E-state index is 0.242. The highest BCUT2D eigenvalue weighted by molar-refractivity contribution is 6.49. The second-order valence-electron chi connectivity index (χ2n) is 3.84. The quantitative estimate of drug-likeness (QED) is 0.616. The molecule has 0 aliphatic carbocycles. The lowest BCUT2D eigenvalue weighted by Gasteiger charge is -2.11. The van der Waals surface area contributed by atoms with Crippen LogP contribution in [0.4, 0.5) is 0 Å². The molecule has 0 fully saturated rings. The van der Waals surface area contributed by atoms with Crippen molar-refractivity contribution < 1.29 is 0 Å². The van der Waals surface area contributed by atoms with Gasteiger partial charge in [0, 0.05) is 11.1 Å². The van der Waals surface area contributed by atoms with Gasteiger partial charge in [-0.1, -0.05) is 70.7 Å². The smallest absolute Gasteiger partial charge is 0.0784 e. The van der Waals surface area contributed by atoms with Gasteiger partial charge in [-0.2, -0.15) is 5.26 Å². The first-order valence-electron chi connectivity index (χ1n) is 5.34. The number of rotatable bonds is 2. The molecule has 1 nitrogen and oxygen atoms in total. The maximum Gasteiger partial charge on any atom is 0.0784 e. The molecular formula is C14H7Cl4N. The highest BCUT2D eigenvalue weighted by Gasteiger charge is 2.14. The van der Waals surface area contributed by atoms with Crippen LogP contribution in [0.1, 0.15) is 5.56 Å². The third-order valence-corrected chi connectivity index (χ3v) is 4.41. The van der Waals surface area contributed by atoms with Gasteiger partial charge in [0.25, 0.3) is 0 Å². The minimum Gasteiger partial charge on any atom is -0.198 e. The maximum absolute atomic E-state index is 8.77. The zero-order valence-corrected chi connectivity index (χ0v) is 12.6. The van der Waals surface area contributed by atoms with E-state index < -0.39 is 0 Å². The molecule has 19 heavy (non-hydrogen) atoms. The van der Waals surface area contributed by atoms with Gasteiger partial charge in [0.05, 0.1) is 32.6 Å². The van der Waals surface area contributed by atoms with E-state index in [9.17, 15) is 0 Å². The molecule has 0 unspecified atom stereocenters. The van der Waals surface area contributed by atoms with Crippen LogP contribution in [0.15, 0.2) is 30.3 Å². The molecule has 0 saturated carbocycles. The lowest BCUT2D eigenvalue weighted by atomic mass is 10.0. The zero-order valence-electron chi connectivity index (χ0n) is 9.55. The Labute approximate surface area is 131 Å². The van der Waals surface area contributed by atoms with Gasteiger partial charge in [-0.15, -0.1) is 0 Å². The molecule has 0 bridgehead atoms. The van der Waals surface area contributed by atoms with Crippen LogP contribution >= 0.6 is 46.4 Å². The Hall–Kier alpha value is -0.910. The Balaban J connectivity index is 2.64. The number of nitrogens with zero attached hydrogens (tertiary/aromatic N) is 1. The van der Waals surface area contributed by atoms with E-state index in [0.717, 1.165) is 11.1 Å². The van der Waals surface area contributed by atoms with Gasteiger partial charge in [0.15, 0.2) is 0 Å². The minimum atomic E-state index is 0.242. The van der Waals surface area contributed by atoms with Crippen molar-refractivity contribution in [3.8, 4) is 17.2 Å². The first-order valence-corrected chi connectivity index (χ1v) is 6.85. The first-order chi connectivity index (χ1) is 9.06. The van der Waals surface area contributed by atoms with E-state index in [1.807, 2.05) is 12.1 Å². The van der Waals surface area contributed by atoms with Crippen LogP contribution in [0.5, 0.6) is 0 Å². The van der Waals surface area contributed by atoms with Crippen LogP contribution < -0.4 is 0 Å². The van der Waals surface area contributed by atoms with Crippen molar-refractivity contribution in [1.82, 2.24) is 0 Å².